The summed E-state index contributed by atoms with van der Waals surface area (Å²) in [4.78, 5) is 0.285. The Kier molecular flexibility index (Phi) is 5.18. The van der Waals surface area contributed by atoms with Crippen LogP contribution in [0.15, 0.2) is 9.42 Å². The van der Waals surface area contributed by atoms with Crippen LogP contribution in [0.1, 0.15) is 50.5 Å². The molecule has 0 saturated heterocycles. The number of nitrogens with zero attached hydrogens (tertiary/aromatic N) is 1. The summed E-state index contributed by atoms with van der Waals surface area (Å²) in [6, 6.07) is 0. The molecule has 0 amide bonds. The molecule has 1 rings (SSSR count). The highest BCUT2D eigenvalue weighted by Gasteiger charge is 2.23. The van der Waals surface area contributed by atoms with Crippen molar-refractivity contribution in [1.29, 1.82) is 0 Å². The minimum Gasteiger partial charge on any atom is -0.360 e. The van der Waals surface area contributed by atoms with Gasteiger partial charge >= 0.3 is 0 Å². The Balaban J connectivity index is 2.58. The van der Waals surface area contributed by atoms with Crippen molar-refractivity contribution >= 4 is 9.84 Å². The first-order chi connectivity index (χ1) is 7.99. The topological polar surface area (TPSA) is 60.2 Å². The zero-order chi connectivity index (χ0) is 12.9. The van der Waals surface area contributed by atoms with Crippen LogP contribution >= 0.6 is 0 Å². The zero-order valence-corrected chi connectivity index (χ0v) is 11.6. The van der Waals surface area contributed by atoms with Crippen LogP contribution in [-0.2, 0) is 9.84 Å². The summed E-state index contributed by atoms with van der Waals surface area (Å²) in [5.74, 6) is 0.593. The Hall–Kier alpha value is -0.840. The van der Waals surface area contributed by atoms with Crippen molar-refractivity contribution in [3.63, 3.8) is 0 Å². The van der Waals surface area contributed by atoms with Crippen molar-refractivity contribution < 1.29 is 12.9 Å². The normalized spacial score (nSPS) is 11.9. The Morgan fingerprint density at radius 2 is 1.76 bits per heavy atom. The van der Waals surface area contributed by atoms with Gasteiger partial charge in [0, 0.05) is 0 Å². The van der Waals surface area contributed by atoms with Crippen molar-refractivity contribution in [2.24, 2.45) is 0 Å². The molecule has 0 aliphatic rings. The molecule has 0 saturated carbocycles. The fourth-order valence-corrected chi connectivity index (χ4v) is 3.67. The second kappa shape index (κ2) is 6.19. The molecule has 0 fully saturated rings. The summed E-state index contributed by atoms with van der Waals surface area (Å²) in [5.41, 5.74) is 0.469. The fourth-order valence-electron chi connectivity index (χ4n) is 1.92. The molecule has 0 atom stereocenters. The molecule has 1 aromatic rings. The van der Waals surface area contributed by atoms with Crippen LogP contribution in [0.3, 0.4) is 0 Å². The van der Waals surface area contributed by atoms with E-state index in [-0.39, 0.29) is 10.6 Å². The molecular weight excluding hydrogens is 238 g/mol. The summed E-state index contributed by atoms with van der Waals surface area (Å²) in [7, 11) is -3.22. The van der Waals surface area contributed by atoms with Gasteiger partial charge in [-0.05, 0) is 20.3 Å². The number of rotatable bonds is 7. The molecule has 0 aromatic carbocycles. The number of hydrogen-bond acceptors (Lipinski definition) is 4. The minimum absolute atomic E-state index is 0.194. The third-order valence-corrected chi connectivity index (χ3v) is 4.83. The molecule has 0 radical (unpaired) electrons. The van der Waals surface area contributed by atoms with Gasteiger partial charge in [-0.3, -0.25) is 0 Å². The highest BCUT2D eigenvalue weighted by atomic mass is 32.2. The van der Waals surface area contributed by atoms with Gasteiger partial charge in [0.1, 0.15) is 4.90 Å². The lowest BCUT2D eigenvalue weighted by Gasteiger charge is -2.03. The average molecular weight is 259 g/mol. The maximum absolute atomic E-state index is 12.1. The lowest BCUT2D eigenvalue weighted by Crippen LogP contribution is -2.08. The fraction of sp³-hybridized carbons (Fsp3) is 0.750. The first-order valence-corrected chi connectivity index (χ1v) is 7.80. The standard InChI is InChI=1S/C12H21NO3S/c1-4-5-6-7-8-9-17(14,15)12-10(2)13-16-11(12)3/h4-9H2,1-3H3. The maximum atomic E-state index is 12.1. The van der Waals surface area contributed by atoms with E-state index < -0.39 is 9.84 Å². The molecule has 0 spiro atoms. The van der Waals surface area contributed by atoms with Gasteiger partial charge in [-0.1, -0.05) is 37.8 Å². The molecular formula is C12H21NO3S. The van der Waals surface area contributed by atoms with Gasteiger partial charge in [-0.2, -0.15) is 0 Å². The van der Waals surface area contributed by atoms with E-state index >= 15 is 0 Å². The highest BCUT2D eigenvalue weighted by Crippen LogP contribution is 2.21. The first-order valence-electron chi connectivity index (χ1n) is 6.14. The second-order valence-corrected chi connectivity index (χ2v) is 6.43. The summed E-state index contributed by atoms with van der Waals surface area (Å²) in [5, 5.41) is 3.69. The van der Waals surface area contributed by atoms with Crippen LogP contribution in [0.4, 0.5) is 0 Å². The molecule has 0 aliphatic carbocycles. The molecule has 4 nitrogen and oxygen atoms in total. The number of aromatic nitrogens is 1. The van der Waals surface area contributed by atoms with Crippen molar-refractivity contribution in [1.82, 2.24) is 5.16 Å². The molecule has 0 N–H and O–H groups in total. The Morgan fingerprint density at radius 1 is 1.12 bits per heavy atom. The van der Waals surface area contributed by atoms with Gasteiger partial charge in [0.15, 0.2) is 15.6 Å². The molecule has 1 aromatic heterocycles. The Morgan fingerprint density at radius 3 is 2.29 bits per heavy atom. The van der Waals surface area contributed by atoms with Crippen LogP contribution < -0.4 is 0 Å². The van der Waals surface area contributed by atoms with E-state index in [1.807, 2.05) is 0 Å². The van der Waals surface area contributed by atoms with Crippen LogP contribution in [-0.4, -0.2) is 19.3 Å². The van der Waals surface area contributed by atoms with Gasteiger partial charge in [0.25, 0.3) is 0 Å². The molecule has 17 heavy (non-hydrogen) atoms. The second-order valence-electron chi connectivity index (χ2n) is 4.39. The predicted octanol–water partition coefficient (Wildman–Crippen LogP) is 3.04. The number of sulfone groups is 1. The van der Waals surface area contributed by atoms with E-state index in [1.165, 1.54) is 6.42 Å². The van der Waals surface area contributed by atoms with Crippen molar-refractivity contribution in [2.45, 2.75) is 57.8 Å². The monoisotopic (exact) mass is 259 g/mol. The average Bonchev–Trinajstić information content (AvgIpc) is 2.58. The number of unbranched alkanes of at least 4 members (excludes halogenated alkanes) is 4. The lowest BCUT2D eigenvalue weighted by molar-refractivity contribution is 0.390. The van der Waals surface area contributed by atoms with Crippen LogP contribution in [0.5, 0.6) is 0 Å². The molecule has 98 valence electrons. The third kappa shape index (κ3) is 3.84. The minimum atomic E-state index is -3.22. The SMILES string of the molecule is CCCCCCCS(=O)(=O)c1c(C)noc1C. The summed E-state index contributed by atoms with van der Waals surface area (Å²) < 4.78 is 29.0. The van der Waals surface area contributed by atoms with E-state index in [0.29, 0.717) is 17.9 Å². The summed E-state index contributed by atoms with van der Waals surface area (Å²) in [6.45, 7) is 5.45. The highest BCUT2D eigenvalue weighted by molar-refractivity contribution is 7.91. The molecule has 0 aliphatic heterocycles. The van der Waals surface area contributed by atoms with Gasteiger partial charge in [-0.25, -0.2) is 8.42 Å². The van der Waals surface area contributed by atoms with Gasteiger partial charge in [0.05, 0.1) is 11.4 Å². The van der Waals surface area contributed by atoms with E-state index in [1.54, 1.807) is 13.8 Å². The Bertz CT molecular complexity index is 429. The van der Waals surface area contributed by atoms with Gasteiger partial charge in [0.2, 0.25) is 0 Å². The number of aryl methyl sites for hydroxylation is 2. The summed E-state index contributed by atoms with van der Waals surface area (Å²) >= 11 is 0. The smallest absolute Gasteiger partial charge is 0.183 e. The quantitative estimate of drug-likeness (QED) is 0.706. The van der Waals surface area contributed by atoms with Crippen LogP contribution in [0, 0.1) is 13.8 Å². The van der Waals surface area contributed by atoms with Crippen LogP contribution in [0.2, 0.25) is 0 Å². The van der Waals surface area contributed by atoms with Crippen molar-refractivity contribution in [2.75, 3.05) is 5.75 Å². The van der Waals surface area contributed by atoms with E-state index in [2.05, 4.69) is 12.1 Å². The number of hydrogen-bond donors (Lipinski definition) is 0. The maximum Gasteiger partial charge on any atom is 0.183 e. The zero-order valence-electron chi connectivity index (χ0n) is 10.8. The van der Waals surface area contributed by atoms with Gasteiger partial charge < -0.3 is 4.52 Å². The Labute approximate surface area is 103 Å². The molecule has 1 heterocycles. The van der Waals surface area contributed by atoms with Crippen LogP contribution in [0.25, 0.3) is 0 Å². The predicted molar refractivity (Wildman–Crippen MR) is 66.8 cm³/mol. The molecule has 0 unspecified atom stereocenters. The van der Waals surface area contributed by atoms with Gasteiger partial charge in [-0.15, -0.1) is 0 Å². The van der Waals surface area contributed by atoms with E-state index in [9.17, 15) is 8.42 Å². The van der Waals surface area contributed by atoms with Crippen molar-refractivity contribution in [3.05, 3.63) is 11.5 Å². The first kappa shape index (κ1) is 14.2. The molecule has 0 bridgehead atoms. The lowest BCUT2D eigenvalue weighted by atomic mass is 10.2. The molecule has 5 heteroatoms. The van der Waals surface area contributed by atoms with E-state index in [4.69, 9.17) is 4.52 Å². The largest absolute Gasteiger partial charge is 0.360 e. The van der Waals surface area contributed by atoms with Crippen molar-refractivity contribution in [3.8, 4) is 0 Å². The summed E-state index contributed by atoms with van der Waals surface area (Å²) in [6.07, 6.45) is 5.12. The third-order valence-electron chi connectivity index (χ3n) is 2.80. The van der Waals surface area contributed by atoms with E-state index in [0.717, 1.165) is 19.3 Å².